The first-order valence-corrected chi connectivity index (χ1v) is 5.56. The zero-order valence-corrected chi connectivity index (χ0v) is 9.38. The minimum atomic E-state index is -0.570. The van der Waals surface area contributed by atoms with Crippen molar-refractivity contribution in [1.29, 1.82) is 0 Å². The van der Waals surface area contributed by atoms with Gasteiger partial charge in [-0.25, -0.2) is 4.79 Å². The van der Waals surface area contributed by atoms with E-state index in [4.69, 9.17) is 4.74 Å². The topological polar surface area (TPSA) is 75.7 Å². The van der Waals surface area contributed by atoms with E-state index in [0.717, 1.165) is 0 Å². The Kier molecular flexibility index (Phi) is 2.29. The molecule has 1 N–H and O–H groups in total. The van der Waals surface area contributed by atoms with E-state index in [-0.39, 0.29) is 6.54 Å². The molecule has 2 amide bonds. The first kappa shape index (κ1) is 10.8. The number of hydrogen-bond donors (Lipinski definition) is 1. The molecule has 1 saturated heterocycles. The van der Waals surface area contributed by atoms with E-state index in [1.165, 1.54) is 4.90 Å². The molecule has 0 aromatic heterocycles. The van der Waals surface area contributed by atoms with Crippen molar-refractivity contribution in [3.63, 3.8) is 0 Å². The average molecular weight is 246 g/mol. The van der Waals surface area contributed by atoms with E-state index in [1.54, 1.807) is 24.3 Å². The summed E-state index contributed by atoms with van der Waals surface area (Å²) in [5.41, 5.74) is 0.982. The normalized spacial score (nSPS) is 21.9. The van der Waals surface area contributed by atoms with Gasteiger partial charge in [-0.15, -0.1) is 0 Å². The summed E-state index contributed by atoms with van der Waals surface area (Å²) in [6.07, 6.45) is -0.910. The standard InChI is InChI=1S/C12H10N2O4/c15-10-8-3-1-2-4-9(8)14(11(10)16)6-7-5-13-12(17)18-7/h1-4,7H,5-6H2,(H,13,17). The minimum Gasteiger partial charge on any atom is -0.442 e. The molecule has 1 fully saturated rings. The number of rotatable bonds is 2. The first-order chi connectivity index (χ1) is 8.66. The molecular formula is C12H10N2O4. The summed E-state index contributed by atoms with van der Waals surface area (Å²) in [6, 6.07) is 6.80. The number of nitrogens with one attached hydrogen (secondary N) is 1. The Labute approximate surface area is 103 Å². The molecule has 0 spiro atoms. The molecule has 18 heavy (non-hydrogen) atoms. The predicted octanol–water partition coefficient (Wildman–Crippen LogP) is 0.324. The Bertz CT molecular complexity index is 555. The summed E-state index contributed by atoms with van der Waals surface area (Å²) < 4.78 is 4.97. The van der Waals surface area contributed by atoms with Crippen LogP contribution in [0.1, 0.15) is 10.4 Å². The van der Waals surface area contributed by atoms with Gasteiger partial charge in [0, 0.05) is 0 Å². The van der Waals surface area contributed by atoms with Gasteiger partial charge in [-0.2, -0.15) is 0 Å². The summed E-state index contributed by atoms with van der Waals surface area (Å²) in [6.45, 7) is 0.541. The second kappa shape index (κ2) is 3.83. The van der Waals surface area contributed by atoms with Crippen LogP contribution in [0.5, 0.6) is 0 Å². The highest BCUT2D eigenvalue weighted by Gasteiger charge is 2.38. The molecule has 2 aliphatic heterocycles. The molecule has 92 valence electrons. The fourth-order valence-electron chi connectivity index (χ4n) is 2.17. The van der Waals surface area contributed by atoms with E-state index < -0.39 is 23.9 Å². The van der Waals surface area contributed by atoms with Crippen molar-refractivity contribution in [3.05, 3.63) is 29.8 Å². The monoisotopic (exact) mass is 246 g/mol. The fraction of sp³-hybridized carbons (Fsp3) is 0.250. The average Bonchev–Trinajstić information content (AvgIpc) is 2.88. The van der Waals surface area contributed by atoms with Crippen molar-refractivity contribution in [3.8, 4) is 0 Å². The van der Waals surface area contributed by atoms with Crippen LogP contribution in [-0.4, -0.2) is 37.0 Å². The maximum Gasteiger partial charge on any atom is 0.407 e. The molecule has 1 aromatic carbocycles. The Morgan fingerprint density at radius 2 is 2.06 bits per heavy atom. The zero-order valence-electron chi connectivity index (χ0n) is 9.38. The van der Waals surface area contributed by atoms with Gasteiger partial charge in [0.1, 0.15) is 6.10 Å². The number of para-hydroxylation sites is 1. The van der Waals surface area contributed by atoms with Crippen LogP contribution in [0.15, 0.2) is 24.3 Å². The highest BCUT2D eigenvalue weighted by molar-refractivity contribution is 6.52. The van der Waals surface area contributed by atoms with Gasteiger partial charge in [-0.1, -0.05) is 12.1 Å². The Morgan fingerprint density at radius 1 is 1.28 bits per heavy atom. The molecule has 0 bridgehead atoms. The van der Waals surface area contributed by atoms with E-state index in [0.29, 0.717) is 17.8 Å². The number of carbonyl (C=O) groups excluding carboxylic acids is 3. The second-order valence-corrected chi connectivity index (χ2v) is 4.17. The summed E-state index contributed by atoms with van der Waals surface area (Å²) in [7, 11) is 0. The lowest BCUT2D eigenvalue weighted by atomic mass is 10.1. The van der Waals surface area contributed by atoms with Crippen molar-refractivity contribution in [2.75, 3.05) is 18.0 Å². The number of alkyl carbamates (subject to hydrolysis) is 1. The number of anilines is 1. The molecule has 0 aliphatic carbocycles. The van der Waals surface area contributed by atoms with Gasteiger partial charge in [0.05, 0.1) is 24.3 Å². The van der Waals surface area contributed by atoms with Gasteiger partial charge in [0.15, 0.2) is 0 Å². The number of cyclic esters (lactones) is 1. The maximum absolute atomic E-state index is 11.8. The summed E-state index contributed by atoms with van der Waals surface area (Å²) >= 11 is 0. The van der Waals surface area contributed by atoms with Crippen molar-refractivity contribution < 1.29 is 19.1 Å². The number of nitrogens with zero attached hydrogens (tertiary/aromatic N) is 1. The number of amides is 2. The fourth-order valence-corrected chi connectivity index (χ4v) is 2.17. The molecule has 1 atom stereocenters. The molecule has 3 rings (SSSR count). The van der Waals surface area contributed by atoms with Crippen LogP contribution < -0.4 is 10.2 Å². The van der Waals surface area contributed by atoms with Crippen LogP contribution in [0.3, 0.4) is 0 Å². The molecule has 6 heteroatoms. The molecule has 0 radical (unpaired) electrons. The summed E-state index contributed by atoms with van der Waals surface area (Å²) in [4.78, 5) is 35.9. The maximum atomic E-state index is 11.8. The number of fused-ring (bicyclic) bond motifs is 1. The molecule has 0 saturated carbocycles. The van der Waals surface area contributed by atoms with Gasteiger partial charge < -0.3 is 15.0 Å². The largest absolute Gasteiger partial charge is 0.442 e. The molecule has 2 heterocycles. The SMILES string of the molecule is O=C1NCC(CN2C(=O)C(=O)c3ccccc32)O1. The third kappa shape index (κ3) is 1.54. The number of benzene rings is 1. The smallest absolute Gasteiger partial charge is 0.407 e. The number of Topliss-reactive ketones (excluding diaryl/α,β-unsaturated/α-hetero) is 1. The lowest BCUT2D eigenvalue weighted by Crippen LogP contribution is -2.38. The number of hydrogen-bond acceptors (Lipinski definition) is 4. The van der Waals surface area contributed by atoms with Gasteiger partial charge in [-0.3, -0.25) is 9.59 Å². The Balaban J connectivity index is 1.86. The van der Waals surface area contributed by atoms with E-state index in [2.05, 4.69) is 5.32 Å². The molecule has 1 unspecified atom stereocenters. The third-order valence-electron chi connectivity index (χ3n) is 3.01. The number of ether oxygens (including phenoxy) is 1. The quantitative estimate of drug-likeness (QED) is 0.763. The van der Waals surface area contributed by atoms with Gasteiger partial charge in [0.2, 0.25) is 0 Å². The number of carbonyl (C=O) groups is 3. The van der Waals surface area contributed by atoms with Crippen LogP contribution >= 0.6 is 0 Å². The van der Waals surface area contributed by atoms with Crippen molar-refractivity contribution >= 4 is 23.5 Å². The van der Waals surface area contributed by atoms with Crippen LogP contribution in [0, 0.1) is 0 Å². The van der Waals surface area contributed by atoms with Crippen molar-refractivity contribution in [2.45, 2.75) is 6.10 Å². The first-order valence-electron chi connectivity index (χ1n) is 5.56. The molecule has 1 aromatic rings. The van der Waals surface area contributed by atoms with Gasteiger partial charge in [-0.05, 0) is 12.1 Å². The van der Waals surface area contributed by atoms with Crippen LogP contribution in [0.2, 0.25) is 0 Å². The third-order valence-corrected chi connectivity index (χ3v) is 3.01. The second-order valence-electron chi connectivity index (χ2n) is 4.17. The molecule has 2 aliphatic rings. The summed E-state index contributed by atoms with van der Waals surface area (Å²) in [5.74, 6) is -1.08. The lowest BCUT2D eigenvalue weighted by molar-refractivity contribution is -0.114. The van der Waals surface area contributed by atoms with E-state index >= 15 is 0 Å². The van der Waals surface area contributed by atoms with E-state index in [9.17, 15) is 14.4 Å². The Morgan fingerprint density at radius 3 is 2.78 bits per heavy atom. The molecular weight excluding hydrogens is 236 g/mol. The minimum absolute atomic E-state index is 0.195. The molecule has 6 nitrogen and oxygen atoms in total. The predicted molar refractivity (Wildman–Crippen MR) is 61.4 cm³/mol. The Hall–Kier alpha value is -2.37. The summed E-state index contributed by atoms with van der Waals surface area (Å²) in [5, 5.41) is 2.51. The van der Waals surface area contributed by atoms with Gasteiger partial charge >= 0.3 is 6.09 Å². The van der Waals surface area contributed by atoms with Crippen LogP contribution in [-0.2, 0) is 9.53 Å². The van der Waals surface area contributed by atoms with Crippen molar-refractivity contribution in [1.82, 2.24) is 5.32 Å². The van der Waals surface area contributed by atoms with E-state index in [1.807, 2.05) is 0 Å². The zero-order chi connectivity index (χ0) is 12.7. The van der Waals surface area contributed by atoms with Crippen LogP contribution in [0.4, 0.5) is 10.5 Å². The highest BCUT2D eigenvalue weighted by Crippen LogP contribution is 2.28. The lowest BCUT2D eigenvalue weighted by Gasteiger charge is -2.19. The van der Waals surface area contributed by atoms with Crippen molar-refractivity contribution in [2.24, 2.45) is 0 Å². The van der Waals surface area contributed by atoms with Crippen LogP contribution in [0.25, 0.3) is 0 Å². The highest BCUT2D eigenvalue weighted by atomic mass is 16.6. The van der Waals surface area contributed by atoms with Gasteiger partial charge in [0.25, 0.3) is 11.7 Å². The number of ketones is 1.